The Balaban J connectivity index is 0.000000367. The van der Waals surface area contributed by atoms with Gasteiger partial charge in [0.1, 0.15) is 23.4 Å². The number of amides is 1. The predicted molar refractivity (Wildman–Crippen MR) is 273 cm³/mol. The summed E-state index contributed by atoms with van der Waals surface area (Å²) in [6, 6.07) is 1.44. The molecular weight excluding hydrogens is 1060 g/mol. The molecule has 29 heteroatoms. The predicted octanol–water partition coefficient (Wildman–Crippen LogP) is 4.54. The van der Waals surface area contributed by atoms with Gasteiger partial charge in [-0.05, 0) is 39.3 Å². The van der Waals surface area contributed by atoms with Crippen LogP contribution in [0.2, 0.25) is 0 Å². The van der Waals surface area contributed by atoms with E-state index in [1.807, 2.05) is 0 Å². The number of nitrogens with one attached hydrogen (secondary N) is 1. The van der Waals surface area contributed by atoms with Crippen LogP contribution < -0.4 is 10.1 Å². The fraction of sp³-hybridized carbons (Fsp3) is 0.674. The topological polar surface area (TPSA) is 244 Å². The van der Waals surface area contributed by atoms with E-state index in [1.165, 1.54) is 0 Å². The minimum atomic E-state index is -1.30. The van der Waals surface area contributed by atoms with Crippen LogP contribution in [0.25, 0.3) is 0 Å². The zero-order chi connectivity index (χ0) is 53.7. The number of likely N-dealkylation sites (tertiary alicyclic amines) is 1. The number of rotatable bonds is 40. The van der Waals surface area contributed by atoms with Crippen LogP contribution >= 0.6 is 29.2 Å². The molecule has 0 aliphatic carbocycles. The molecule has 5 rings (SSSR count). The van der Waals surface area contributed by atoms with E-state index in [9.17, 15) is 22.8 Å². The van der Waals surface area contributed by atoms with E-state index in [1.54, 1.807) is 21.8 Å². The Morgan fingerprint density at radius 2 is 1.53 bits per heavy atom. The van der Waals surface area contributed by atoms with Crippen molar-refractivity contribution in [3.05, 3.63) is 53.2 Å². The summed E-state index contributed by atoms with van der Waals surface area (Å²) in [6.07, 6.45) is 7.80. The number of aliphatic imine (C=N–C) groups is 2. The molecule has 2 N–H and O–H groups in total. The van der Waals surface area contributed by atoms with Gasteiger partial charge in [0.05, 0.1) is 149 Å². The molecule has 3 aromatic rings. The second-order valence-corrected chi connectivity index (χ2v) is 18.7. The van der Waals surface area contributed by atoms with Gasteiger partial charge in [0.25, 0.3) is 0 Å². The van der Waals surface area contributed by atoms with Gasteiger partial charge >= 0.3 is 5.97 Å². The number of aromatic nitrogens is 5. The van der Waals surface area contributed by atoms with Gasteiger partial charge < -0.3 is 67.0 Å². The Bertz CT molecular complexity index is 2070. The van der Waals surface area contributed by atoms with E-state index in [4.69, 9.17) is 63.6 Å². The zero-order valence-electron chi connectivity index (χ0n) is 42.3. The van der Waals surface area contributed by atoms with Crippen molar-refractivity contribution in [1.82, 2.24) is 35.0 Å². The number of hydrogen-bond acceptors (Lipinski definition) is 19. The van der Waals surface area contributed by atoms with Gasteiger partial charge in [-0.25, -0.2) is 27.5 Å². The lowest BCUT2D eigenvalue weighted by atomic mass is 10.2. The van der Waals surface area contributed by atoms with E-state index in [-0.39, 0.29) is 53.4 Å². The number of ether oxygens (including phenoxy) is 10. The molecule has 0 spiro atoms. The maximum absolute atomic E-state index is 13.5. The summed E-state index contributed by atoms with van der Waals surface area (Å²) in [7, 11) is 0.251. The Kier molecular flexibility index (Phi) is 33.5. The van der Waals surface area contributed by atoms with Crippen molar-refractivity contribution < 1.29 is 79.5 Å². The van der Waals surface area contributed by atoms with Crippen LogP contribution in [0.5, 0.6) is 5.75 Å². The first-order valence-electron chi connectivity index (χ1n) is 24.5. The summed E-state index contributed by atoms with van der Waals surface area (Å²) < 4.78 is 103. The third-order valence-corrected chi connectivity index (χ3v) is 12.4. The van der Waals surface area contributed by atoms with Crippen LogP contribution in [0.15, 0.2) is 34.5 Å². The van der Waals surface area contributed by atoms with Crippen LogP contribution in [-0.4, -0.2) is 202 Å². The second kappa shape index (κ2) is 39.5. The molecule has 2 aromatic heterocycles. The summed E-state index contributed by atoms with van der Waals surface area (Å²) >= 11 is 5.95. The molecule has 4 heterocycles. The number of esters is 1. The molecule has 2 aliphatic rings. The summed E-state index contributed by atoms with van der Waals surface area (Å²) in [5.41, 5.74) is 1.54. The van der Waals surface area contributed by atoms with E-state index < -0.39 is 29.2 Å². The molecular formula is C46H71ClF3N9O14P2. The largest absolute Gasteiger partial charge is 0.420 e. The Labute approximate surface area is 443 Å². The normalized spacial score (nSPS) is 16.9. The molecule has 5 atom stereocenters. The van der Waals surface area contributed by atoms with Crippen LogP contribution in [0.1, 0.15) is 56.5 Å². The lowest BCUT2D eigenvalue weighted by Gasteiger charge is -2.25. The van der Waals surface area contributed by atoms with Gasteiger partial charge in [-0.3, -0.25) is 14.6 Å². The molecule has 23 nitrogen and oxygen atoms in total. The fourth-order valence-electron chi connectivity index (χ4n) is 7.15. The molecule has 75 heavy (non-hydrogen) atoms. The number of amidine groups is 1. The quantitative estimate of drug-likeness (QED) is 0.00914. The number of alkyl halides is 1. The van der Waals surface area contributed by atoms with Gasteiger partial charge in [0.15, 0.2) is 23.7 Å². The van der Waals surface area contributed by atoms with Crippen molar-refractivity contribution in [3.8, 4) is 5.75 Å². The molecule has 0 radical (unpaired) electrons. The van der Waals surface area contributed by atoms with Gasteiger partial charge in [0, 0.05) is 54.8 Å². The molecule has 1 aromatic carbocycles. The highest BCUT2D eigenvalue weighted by Gasteiger charge is 2.32. The van der Waals surface area contributed by atoms with E-state index in [0.29, 0.717) is 156 Å². The fourth-order valence-corrected chi connectivity index (χ4v) is 8.23. The molecule has 2 saturated heterocycles. The molecule has 5 unspecified atom stereocenters. The van der Waals surface area contributed by atoms with Crippen molar-refractivity contribution in [2.45, 2.75) is 70.6 Å². The average Bonchev–Trinajstić information content (AvgIpc) is 4.24. The Morgan fingerprint density at radius 3 is 2.13 bits per heavy atom. The molecule has 1 amide bonds. The monoisotopic (exact) mass is 1130 g/mol. The Hall–Kier alpha value is -3.85. The molecule has 0 saturated carbocycles. The van der Waals surface area contributed by atoms with Gasteiger partial charge in [-0.2, -0.15) is 5.10 Å². The third-order valence-electron chi connectivity index (χ3n) is 10.7. The second-order valence-electron chi connectivity index (χ2n) is 16.2. The summed E-state index contributed by atoms with van der Waals surface area (Å²) in [5, 5.41) is 15.2. The lowest BCUT2D eigenvalue weighted by Crippen LogP contribution is -2.34. The standard InChI is InChI=1S/C29H43F3N4O11.C17H28ClN5O3P2/c30-24-19-26(31)29(27(32)20-24)47-28(38)1-4-39-7-10-42-13-14-44-12-9-41-6-3-36-21-25(34-35-36)22-46-18-17-45-16-15-43-11-8-40-5-2-33-23-37;1-12-4-3-7-22(12)17(20-10-18)14-8-21-23(16(14)19-2)15-6-5-13(26-15)9-25-28-11-27-24/h19-21,23H,1-18,22H2,(H,33,37);8,12-13,15,24,27-28H,2-7,9-11H2,1H3/b;20-17+. The van der Waals surface area contributed by atoms with Crippen LogP contribution in [0, 0.1) is 17.5 Å². The molecule has 2 aliphatic heterocycles. The Morgan fingerprint density at radius 1 is 0.907 bits per heavy atom. The van der Waals surface area contributed by atoms with Crippen molar-refractivity contribution in [2.24, 2.45) is 9.98 Å². The van der Waals surface area contributed by atoms with Crippen molar-refractivity contribution in [3.63, 3.8) is 0 Å². The molecule has 2 fully saturated rings. The SMILES string of the molecule is C=Nc1c(/C(=N\CCl)N2CCCC2C)cnn1C1CCC(COPCPO)O1.O=CNCCOCCOCCOCCOCc1cn(CCOCCOCCOCCOCCC(=O)Oc2c(F)cc(F)cc2F)nn1. The highest BCUT2D eigenvalue weighted by Crippen LogP contribution is 2.35. The van der Waals surface area contributed by atoms with Crippen LogP contribution in [0.4, 0.5) is 19.0 Å². The van der Waals surface area contributed by atoms with Crippen molar-refractivity contribution in [1.29, 1.82) is 0 Å². The molecule has 0 bridgehead atoms. The van der Waals surface area contributed by atoms with Crippen molar-refractivity contribution in [2.75, 3.05) is 131 Å². The maximum Gasteiger partial charge on any atom is 0.313 e. The van der Waals surface area contributed by atoms with Gasteiger partial charge in [0.2, 0.25) is 12.2 Å². The van der Waals surface area contributed by atoms with E-state index in [0.717, 1.165) is 43.6 Å². The number of hydrogen-bond donors (Lipinski definition) is 2. The number of benzene rings is 1. The van der Waals surface area contributed by atoms with Crippen LogP contribution in [0.3, 0.4) is 0 Å². The average molecular weight is 1130 g/mol. The van der Waals surface area contributed by atoms with Gasteiger partial charge in [-0.15, -0.1) is 16.7 Å². The first-order valence-corrected chi connectivity index (χ1v) is 27.3. The van der Waals surface area contributed by atoms with Crippen molar-refractivity contribution >= 4 is 60.0 Å². The first-order chi connectivity index (χ1) is 36.7. The highest BCUT2D eigenvalue weighted by molar-refractivity contribution is 7.50. The zero-order valence-corrected chi connectivity index (χ0v) is 45.0. The van der Waals surface area contributed by atoms with Crippen LogP contribution in [-0.2, 0) is 69.9 Å². The summed E-state index contributed by atoms with van der Waals surface area (Å²) in [5.74, 6) is -3.39. The highest BCUT2D eigenvalue weighted by atomic mass is 35.5. The number of nitrogens with zero attached hydrogens (tertiary/aromatic N) is 8. The maximum atomic E-state index is 13.5. The summed E-state index contributed by atoms with van der Waals surface area (Å²) in [6.45, 7) is 14.2. The first kappa shape index (κ1) is 63.7. The molecule has 422 valence electrons. The third kappa shape index (κ3) is 25.4. The minimum absolute atomic E-state index is 0.0272. The van der Waals surface area contributed by atoms with Gasteiger partial charge in [-0.1, -0.05) is 5.21 Å². The number of halogens is 4. The summed E-state index contributed by atoms with van der Waals surface area (Å²) in [4.78, 5) is 41.7. The van der Waals surface area contributed by atoms with E-state index >= 15 is 0 Å². The number of carbonyl (C=O) groups excluding carboxylic acids is 2. The van der Waals surface area contributed by atoms with E-state index in [2.05, 4.69) is 54.0 Å². The smallest absolute Gasteiger partial charge is 0.313 e. The lowest BCUT2D eigenvalue weighted by molar-refractivity contribution is -0.136. The minimum Gasteiger partial charge on any atom is -0.420 e. The number of carbonyl (C=O) groups is 2.